The lowest BCUT2D eigenvalue weighted by atomic mass is 9.79. The van der Waals surface area contributed by atoms with E-state index in [1.807, 2.05) is 0 Å². The maximum Gasteiger partial charge on any atom is 0.0693 e. The minimum Gasteiger partial charge on any atom is -0.392 e. The molecule has 0 aromatic heterocycles. The Kier molecular flexibility index (Phi) is 4.87. The Labute approximate surface area is 106 Å². The third-order valence-corrected chi connectivity index (χ3v) is 5.03. The lowest BCUT2D eigenvalue weighted by Crippen LogP contribution is -2.47. The Balaban J connectivity index is 1.83. The molecule has 5 atom stereocenters. The SMILES string of the molecule is CC1CCC(NC2CCCCCC2O)CC1C. The van der Waals surface area contributed by atoms with Gasteiger partial charge in [-0.1, -0.05) is 33.1 Å². The predicted molar refractivity (Wildman–Crippen MR) is 72.0 cm³/mol. The van der Waals surface area contributed by atoms with Gasteiger partial charge in [-0.2, -0.15) is 0 Å². The molecule has 0 heterocycles. The Morgan fingerprint density at radius 3 is 2.41 bits per heavy atom. The summed E-state index contributed by atoms with van der Waals surface area (Å²) in [5.41, 5.74) is 0. The van der Waals surface area contributed by atoms with Crippen molar-refractivity contribution in [3.05, 3.63) is 0 Å². The van der Waals surface area contributed by atoms with Crippen LogP contribution in [-0.2, 0) is 0 Å². The third-order valence-electron chi connectivity index (χ3n) is 5.03. The molecule has 2 aliphatic carbocycles. The summed E-state index contributed by atoms with van der Waals surface area (Å²) in [7, 11) is 0. The van der Waals surface area contributed by atoms with E-state index in [4.69, 9.17) is 0 Å². The zero-order valence-corrected chi connectivity index (χ0v) is 11.5. The van der Waals surface area contributed by atoms with E-state index in [-0.39, 0.29) is 6.10 Å². The smallest absolute Gasteiger partial charge is 0.0693 e. The topological polar surface area (TPSA) is 32.3 Å². The van der Waals surface area contributed by atoms with Crippen molar-refractivity contribution in [2.24, 2.45) is 11.8 Å². The van der Waals surface area contributed by atoms with E-state index < -0.39 is 0 Å². The largest absolute Gasteiger partial charge is 0.392 e. The first-order valence-electron chi connectivity index (χ1n) is 7.61. The van der Waals surface area contributed by atoms with Crippen LogP contribution in [0.1, 0.15) is 65.2 Å². The molecule has 2 saturated carbocycles. The number of aliphatic hydroxyl groups is 1. The summed E-state index contributed by atoms with van der Waals surface area (Å²) in [6, 6.07) is 1.02. The van der Waals surface area contributed by atoms with Crippen LogP contribution in [0.15, 0.2) is 0 Å². The van der Waals surface area contributed by atoms with Crippen LogP contribution in [0.4, 0.5) is 0 Å². The fourth-order valence-electron chi connectivity index (χ4n) is 3.48. The quantitative estimate of drug-likeness (QED) is 0.726. The van der Waals surface area contributed by atoms with E-state index in [9.17, 15) is 5.11 Å². The monoisotopic (exact) mass is 239 g/mol. The highest BCUT2D eigenvalue weighted by Gasteiger charge is 2.28. The van der Waals surface area contributed by atoms with Crippen LogP contribution in [0.2, 0.25) is 0 Å². The maximum absolute atomic E-state index is 10.1. The predicted octanol–water partition coefficient (Wildman–Crippen LogP) is 3.09. The second kappa shape index (κ2) is 6.19. The highest BCUT2D eigenvalue weighted by atomic mass is 16.3. The van der Waals surface area contributed by atoms with E-state index in [0.29, 0.717) is 12.1 Å². The van der Waals surface area contributed by atoms with Crippen molar-refractivity contribution in [2.45, 2.75) is 83.4 Å². The summed E-state index contributed by atoms with van der Waals surface area (Å²) in [6.45, 7) is 4.75. The second-order valence-corrected chi connectivity index (χ2v) is 6.44. The normalized spacial score (nSPS) is 44.3. The van der Waals surface area contributed by atoms with Gasteiger partial charge in [0.25, 0.3) is 0 Å². The van der Waals surface area contributed by atoms with Gasteiger partial charge >= 0.3 is 0 Å². The van der Waals surface area contributed by atoms with Gasteiger partial charge in [0.1, 0.15) is 0 Å². The van der Waals surface area contributed by atoms with Crippen molar-refractivity contribution in [3.63, 3.8) is 0 Å². The molecule has 100 valence electrons. The summed E-state index contributed by atoms with van der Waals surface area (Å²) < 4.78 is 0. The minimum atomic E-state index is -0.104. The highest BCUT2D eigenvalue weighted by molar-refractivity contribution is 4.86. The Bertz CT molecular complexity index is 231. The zero-order valence-electron chi connectivity index (χ0n) is 11.5. The number of hydrogen-bond donors (Lipinski definition) is 2. The second-order valence-electron chi connectivity index (χ2n) is 6.44. The molecule has 0 aromatic carbocycles. The summed E-state index contributed by atoms with van der Waals surface area (Å²) >= 11 is 0. The Morgan fingerprint density at radius 2 is 1.65 bits per heavy atom. The molecule has 0 aromatic rings. The molecule has 0 spiro atoms. The van der Waals surface area contributed by atoms with Crippen LogP contribution in [0.5, 0.6) is 0 Å². The summed E-state index contributed by atoms with van der Waals surface area (Å²) in [4.78, 5) is 0. The molecule has 2 aliphatic rings. The fourth-order valence-corrected chi connectivity index (χ4v) is 3.48. The van der Waals surface area contributed by atoms with Crippen molar-refractivity contribution >= 4 is 0 Å². The van der Waals surface area contributed by atoms with Crippen molar-refractivity contribution in [2.75, 3.05) is 0 Å². The van der Waals surface area contributed by atoms with Gasteiger partial charge in [0, 0.05) is 12.1 Å². The van der Waals surface area contributed by atoms with E-state index in [2.05, 4.69) is 19.2 Å². The first kappa shape index (κ1) is 13.4. The number of hydrogen-bond acceptors (Lipinski definition) is 2. The van der Waals surface area contributed by atoms with Gasteiger partial charge in [0.05, 0.1) is 6.10 Å². The van der Waals surface area contributed by atoms with Crippen LogP contribution in [0.3, 0.4) is 0 Å². The van der Waals surface area contributed by atoms with E-state index in [1.54, 1.807) is 0 Å². The fraction of sp³-hybridized carbons (Fsp3) is 1.00. The zero-order chi connectivity index (χ0) is 12.3. The van der Waals surface area contributed by atoms with Crippen LogP contribution in [0.25, 0.3) is 0 Å². The molecule has 2 rings (SSSR count). The molecule has 0 aliphatic heterocycles. The molecule has 5 unspecified atom stereocenters. The van der Waals surface area contributed by atoms with Crippen molar-refractivity contribution in [3.8, 4) is 0 Å². The molecule has 0 radical (unpaired) electrons. The standard InChI is InChI=1S/C15H29NO/c1-11-8-9-13(10-12(11)2)16-14-6-4-3-5-7-15(14)17/h11-17H,3-10H2,1-2H3. The average molecular weight is 239 g/mol. The van der Waals surface area contributed by atoms with E-state index >= 15 is 0 Å². The molecular formula is C15H29NO. The van der Waals surface area contributed by atoms with E-state index in [1.165, 1.54) is 44.9 Å². The van der Waals surface area contributed by atoms with Gasteiger partial charge in [-0.15, -0.1) is 0 Å². The summed E-state index contributed by atoms with van der Waals surface area (Å²) in [5, 5.41) is 13.9. The molecular weight excluding hydrogens is 210 g/mol. The Morgan fingerprint density at radius 1 is 0.882 bits per heavy atom. The van der Waals surface area contributed by atoms with Crippen LogP contribution >= 0.6 is 0 Å². The van der Waals surface area contributed by atoms with Crippen molar-refractivity contribution in [1.29, 1.82) is 0 Å². The molecule has 0 saturated heterocycles. The van der Waals surface area contributed by atoms with Gasteiger partial charge in [-0.25, -0.2) is 0 Å². The Hall–Kier alpha value is -0.0800. The lowest BCUT2D eigenvalue weighted by Gasteiger charge is -2.36. The lowest BCUT2D eigenvalue weighted by molar-refractivity contribution is 0.102. The van der Waals surface area contributed by atoms with Gasteiger partial charge in [-0.05, 0) is 43.9 Å². The van der Waals surface area contributed by atoms with Crippen LogP contribution in [-0.4, -0.2) is 23.3 Å². The molecule has 2 fully saturated rings. The van der Waals surface area contributed by atoms with Crippen LogP contribution < -0.4 is 5.32 Å². The first-order chi connectivity index (χ1) is 8.16. The molecule has 2 heteroatoms. The van der Waals surface area contributed by atoms with Crippen molar-refractivity contribution in [1.82, 2.24) is 5.32 Å². The molecule has 17 heavy (non-hydrogen) atoms. The summed E-state index contributed by atoms with van der Waals surface area (Å²) in [5.74, 6) is 1.72. The van der Waals surface area contributed by atoms with Crippen LogP contribution in [0, 0.1) is 11.8 Å². The van der Waals surface area contributed by atoms with Gasteiger partial charge in [0.2, 0.25) is 0 Å². The molecule has 0 bridgehead atoms. The van der Waals surface area contributed by atoms with Gasteiger partial charge < -0.3 is 10.4 Å². The average Bonchev–Trinajstić information content (AvgIpc) is 2.50. The maximum atomic E-state index is 10.1. The molecule has 2 nitrogen and oxygen atoms in total. The number of aliphatic hydroxyl groups excluding tert-OH is 1. The van der Waals surface area contributed by atoms with Gasteiger partial charge in [-0.3, -0.25) is 0 Å². The minimum absolute atomic E-state index is 0.104. The number of rotatable bonds is 2. The summed E-state index contributed by atoms with van der Waals surface area (Å²) in [6.07, 6.45) is 9.80. The third kappa shape index (κ3) is 3.69. The number of nitrogens with one attached hydrogen (secondary N) is 1. The first-order valence-corrected chi connectivity index (χ1v) is 7.61. The molecule has 0 amide bonds. The van der Waals surface area contributed by atoms with E-state index in [0.717, 1.165) is 18.3 Å². The molecule has 2 N–H and O–H groups in total. The van der Waals surface area contributed by atoms with Crippen molar-refractivity contribution < 1.29 is 5.11 Å². The highest BCUT2D eigenvalue weighted by Crippen LogP contribution is 2.30. The van der Waals surface area contributed by atoms with Gasteiger partial charge in [0.15, 0.2) is 0 Å².